The predicted molar refractivity (Wildman–Crippen MR) is 61.6 cm³/mol. The quantitative estimate of drug-likeness (QED) is 0.906. The summed E-state index contributed by atoms with van der Waals surface area (Å²) in [5.41, 5.74) is -0.855. The van der Waals surface area contributed by atoms with Crippen molar-refractivity contribution in [1.29, 1.82) is 0 Å². The van der Waals surface area contributed by atoms with Crippen LogP contribution in [0.15, 0.2) is 18.2 Å². The third-order valence-corrected chi connectivity index (χ3v) is 2.65. The van der Waals surface area contributed by atoms with Crippen molar-refractivity contribution in [2.45, 2.75) is 18.8 Å². The number of alkyl halides is 3. The number of aromatic nitrogens is 1. The van der Waals surface area contributed by atoms with Crippen LogP contribution in [-0.2, 0) is 27.0 Å². The van der Waals surface area contributed by atoms with Gasteiger partial charge in [0.1, 0.15) is 5.69 Å². The van der Waals surface area contributed by atoms with E-state index in [2.05, 4.69) is 10.3 Å². The molecule has 1 atom stereocenters. The lowest BCUT2D eigenvalue weighted by Gasteiger charge is -2.22. The first-order valence-corrected chi connectivity index (χ1v) is 5.97. The molecule has 8 heteroatoms. The van der Waals surface area contributed by atoms with Crippen molar-refractivity contribution in [3.05, 3.63) is 29.6 Å². The molecular formula is C12H13F3N2O3. The number of amides is 1. The van der Waals surface area contributed by atoms with Gasteiger partial charge in [-0.1, -0.05) is 6.07 Å². The third kappa shape index (κ3) is 3.91. The number of rotatable bonds is 3. The second kappa shape index (κ2) is 6.19. The van der Waals surface area contributed by atoms with Crippen molar-refractivity contribution in [1.82, 2.24) is 10.3 Å². The van der Waals surface area contributed by atoms with E-state index in [0.717, 1.165) is 6.07 Å². The number of ether oxygens (including phenoxy) is 2. The smallest absolute Gasteiger partial charge is 0.376 e. The molecular weight excluding hydrogens is 277 g/mol. The highest BCUT2D eigenvalue weighted by atomic mass is 19.4. The number of nitrogens with zero attached hydrogens (tertiary/aromatic N) is 1. The minimum absolute atomic E-state index is 0.0946. The van der Waals surface area contributed by atoms with Crippen LogP contribution in [0.2, 0.25) is 0 Å². The van der Waals surface area contributed by atoms with Gasteiger partial charge >= 0.3 is 6.18 Å². The van der Waals surface area contributed by atoms with Gasteiger partial charge in [0.2, 0.25) is 0 Å². The Morgan fingerprint density at radius 2 is 2.20 bits per heavy atom. The summed E-state index contributed by atoms with van der Waals surface area (Å²) < 4.78 is 47.7. The zero-order valence-corrected chi connectivity index (χ0v) is 10.4. The number of hydrogen-bond acceptors (Lipinski definition) is 4. The number of hydrogen-bond donors (Lipinski definition) is 1. The second-order valence-corrected chi connectivity index (χ2v) is 4.16. The summed E-state index contributed by atoms with van der Waals surface area (Å²) in [6, 6.07) is 3.54. The summed E-state index contributed by atoms with van der Waals surface area (Å²) in [5.74, 6) is -0.427. The molecule has 1 amide bonds. The molecule has 0 saturated carbocycles. The average molecular weight is 290 g/mol. The maximum absolute atomic E-state index is 12.5. The molecule has 0 radical (unpaired) electrons. The normalized spacial score (nSPS) is 19.6. The molecule has 0 spiro atoms. The molecule has 20 heavy (non-hydrogen) atoms. The largest absolute Gasteiger partial charge is 0.433 e. The Morgan fingerprint density at radius 1 is 1.40 bits per heavy atom. The molecule has 0 aliphatic carbocycles. The fourth-order valence-electron chi connectivity index (χ4n) is 1.67. The van der Waals surface area contributed by atoms with Crippen LogP contribution in [0.3, 0.4) is 0 Å². The molecule has 1 fully saturated rings. The van der Waals surface area contributed by atoms with E-state index in [1.165, 1.54) is 12.1 Å². The van der Waals surface area contributed by atoms with Gasteiger partial charge in [0.05, 0.1) is 32.1 Å². The summed E-state index contributed by atoms with van der Waals surface area (Å²) >= 11 is 0. The lowest BCUT2D eigenvalue weighted by atomic mass is 10.2. The Labute approximate surface area is 113 Å². The van der Waals surface area contributed by atoms with Gasteiger partial charge in [-0.15, -0.1) is 0 Å². The van der Waals surface area contributed by atoms with Crippen LogP contribution in [0, 0.1) is 0 Å². The van der Waals surface area contributed by atoms with Crippen molar-refractivity contribution < 1.29 is 27.4 Å². The van der Waals surface area contributed by atoms with Gasteiger partial charge in [-0.25, -0.2) is 4.98 Å². The van der Waals surface area contributed by atoms with E-state index in [-0.39, 0.29) is 18.8 Å². The van der Waals surface area contributed by atoms with Gasteiger partial charge in [-0.2, -0.15) is 13.2 Å². The lowest BCUT2D eigenvalue weighted by molar-refractivity contribution is -0.147. The highest BCUT2D eigenvalue weighted by Crippen LogP contribution is 2.27. The number of halogens is 3. The number of carbonyl (C=O) groups is 1. The monoisotopic (exact) mass is 290 g/mol. The van der Waals surface area contributed by atoms with Crippen LogP contribution >= 0.6 is 0 Å². The van der Waals surface area contributed by atoms with Crippen LogP contribution in [0.5, 0.6) is 0 Å². The zero-order chi connectivity index (χ0) is 14.6. The van der Waals surface area contributed by atoms with Gasteiger partial charge in [0.25, 0.3) is 5.91 Å². The third-order valence-electron chi connectivity index (χ3n) is 2.65. The van der Waals surface area contributed by atoms with E-state index < -0.39 is 23.9 Å². The molecule has 1 N–H and O–H groups in total. The molecule has 2 rings (SSSR count). The summed E-state index contributed by atoms with van der Waals surface area (Å²) in [7, 11) is 0. The predicted octanol–water partition coefficient (Wildman–Crippen LogP) is 1.13. The number of pyridine rings is 1. The van der Waals surface area contributed by atoms with Crippen LogP contribution in [0.1, 0.15) is 11.4 Å². The first-order valence-electron chi connectivity index (χ1n) is 5.97. The van der Waals surface area contributed by atoms with E-state index in [1.807, 2.05) is 0 Å². The molecule has 1 saturated heterocycles. The van der Waals surface area contributed by atoms with E-state index in [0.29, 0.717) is 13.2 Å². The van der Waals surface area contributed by atoms with Crippen molar-refractivity contribution in [2.75, 3.05) is 19.8 Å². The van der Waals surface area contributed by atoms with E-state index in [1.54, 1.807) is 0 Å². The zero-order valence-electron chi connectivity index (χ0n) is 10.4. The molecule has 1 aliphatic heterocycles. The summed E-state index contributed by atoms with van der Waals surface area (Å²) in [6.45, 7) is 0.795. The first kappa shape index (κ1) is 14.7. The Hall–Kier alpha value is -1.67. The molecule has 0 bridgehead atoms. The minimum Gasteiger partial charge on any atom is -0.376 e. The second-order valence-electron chi connectivity index (χ2n) is 4.16. The van der Waals surface area contributed by atoms with Crippen LogP contribution < -0.4 is 5.32 Å². The van der Waals surface area contributed by atoms with Gasteiger partial charge in [0.15, 0.2) is 6.10 Å². The Morgan fingerprint density at radius 3 is 2.85 bits per heavy atom. The van der Waals surface area contributed by atoms with E-state index >= 15 is 0 Å². The molecule has 1 aliphatic rings. The SMILES string of the molecule is O=C(NCc1cccc(C(F)(F)F)n1)C1COCCO1. The minimum atomic E-state index is -4.50. The molecule has 1 aromatic rings. The summed E-state index contributed by atoms with van der Waals surface area (Å²) in [6.07, 6.45) is -5.23. The van der Waals surface area contributed by atoms with Crippen LogP contribution in [-0.4, -0.2) is 36.8 Å². The Kier molecular flexibility index (Phi) is 4.56. The molecule has 0 aromatic carbocycles. The Balaban J connectivity index is 1.92. The van der Waals surface area contributed by atoms with E-state index in [9.17, 15) is 18.0 Å². The molecule has 110 valence electrons. The molecule has 1 aromatic heterocycles. The molecule has 2 heterocycles. The standard InChI is InChI=1S/C12H13F3N2O3/c13-12(14,15)10-3-1-2-8(17-10)6-16-11(18)9-7-19-4-5-20-9/h1-3,9H,4-7H2,(H,16,18). The van der Waals surface area contributed by atoms with Gasteiger partial charge < -0.3 is 14.8 Å². The fraction of sp³-hybridized carbons (Fsp3) is 0.500. The summed E-state index contributed by atoms with van der Waals surface area (Å²) in [5, 5.41) is 2.47. The molecule has 1 unspecified atom stereocenters. The summed E-state index contributed by atoms with van der Waals surface area (Å²) in [4.78, 5) is 15.1. The number of carbonyl (C=O) groups excluding carboxylic acids is 1. The highest BCUT2D eigenvalue weighted by Gasteiger charge is 2.32. The van der Waals surface area contributed by atoms with E-state index in [4.69, 9.17) is 9.47 Å². The number of nitrogens with one attached hydrogen (secondary N) is 1. The van der Waals surface area contributed by atoms with Crippen molar-refractivity contribution >= 4 is 5.91 Å². The van der Waals surface area contributed by atoms with Crippen molar-refractivity contribution in [3.63, 3.8) is 0 Å². The Bertz CT molecular complexity index is 473. The van der Waals surface area contributed by atoms with Gasteiger partial charge in [-0.3, -0.25) is 4.79 Å². The average Bonchev–Trinajstić information content (AvgIpc) is 2.45. The topological polar surface area (TPSA) is 60.5 Å². The maximum Gasteiger partial charge on any atom is 0.433 e. The fourth-order valence-corrected chi connectivity index (χ4v) is 1.67. The van der Waals surface area contributed by atoms with Crippen LogP contribution in [0.25, 0.3) is 0 Å². The van der Waals surface area contributed by atoms with Crippen molar-refractivity contribution in [3.8, 4) is 0 Å². The maximum atomic E-state index is 12.5. The first-order chi connectivity index (χ1) is 9.47. The lowest BCUT2D eigenvalue weighted by Crippen LogP contribution is -2.42. The van der Waals surface area contributed by atoms with Gasteiger partial charge in [-0.05, 0) is 12.1 Å². The van der Waals surface area contributed by atoms with Gasteiger partial charge in [0, 0.05) is 0 Å². The van der Waals surface area contributed by atoms with Crippen LogP contribution in [0.4, 0.5) is 13.2 Å². The van der Waals surface area contributed by atoms with Crippen molar-refractivity contribution in [2.24, 2.45) is 0 Å². The highest BCUT2D eigenvalue weighted by molar-refractivity contribution is 5.80. The molecule has 5 nitrogen and oxygen atoms in total.